The molecule has 316 valence electrons. The van der Waals surface area contributed by atoms with Crippen LogP contribution in [0, 0.1) is 17.0 Å². The average molecular weight is 837 g/mol. The number of amides is 1. The zero-order valence-electron chi connectivity index (χ0n) is 34.2. The van der Waals surface area contributed by atoms with Gasteiger partial charge in [0.05, 0.1) is 18.1 Å². The molecule has 3 aliphatic rings. The Hall–Kier alpha value is -5.95. The summed E-state index contributed by atoms with van der Waals surface area (Å²) in [7, 11) is 0. The van der Waals surface area contributed by atoms with Gasteiger partial charge in [0.15, 0.2) is 5.58 Å². The van der Waals surface area contributed by atoms with Crippen molar-refractivity contribution in [3.8, 4) is 0 Å². The fourth-order valence-corrected chi connectivity index (χ4v) is 9.86. The molecule has 1 aromatic heterocycles. The highest BCUT2D eigenvalue weighted by Gasteiger charge is 2.54. The van der Waals surface area contributed by atoms with Gasteiger partial charge in [0.25, 0.3) is 0 Å². The van der Waals surface area contributed by atoms with Crippen molar-refractivity contribution < 1.29 is 35.9 Å². The molecule has 0 aliphatic carbocycles. The Kier molecular flexibility index (Phi) is 9.69. The number of nitrogens with zero attached hydrogens (tertiary/aromatic N) is 4. The minimum Gasteiger partial charge on any atom is -0.444 e. The lowest BCUT2D eigenvalue weighted by molar-refractivity contribution is -0.155. The van der Waals surface area contributed by atoms with Gasteiger partial charge >= 0.3 is 18.0 Å². The number of likely N-dealkylation sites (tertiary alicyclic amines) is 1. The van der Waals surface area contributed by atoms with Gasteiger partial charge in [-0.15, -0.1) is 0 Å². The highest BCUT2D eigenvalue weighted by molar-refractivity contribution is 5.81. The van der Waals surface area contributed by atoms with E-state index in [-0.39, 0.29) is 28.7 Å². The van der Waals surface area contributed by atoms with Gasteiger partial charge in [0.2, 0.25) is 0 Å². The normalized spacial score (nSPS) is 19.1. The van der Waals surface area contributed by atoms with Crippen molar-refractivity contribution in [2.75, 3.05) is 37.6 Å². The number of hydrogen-bond donors (Lipinski definition) is 0. The molecule has 5 aromatic carbocycles. The summed E-state index contributed by atoms with van der Waals surface area (Å²) in [6.07, 6.45) is -5.10. The molecule has 8 nitrogen and oxygen atoms in total. The average Bonchev–Trinajstić information content (AvgIpc) is 3.51. The summed E-state index contributed by atoms with van der Waals surface area (Å²) in [5, 5.41) is 0. The standard InChI is InChI=1S/C48H45F5N4O4/c1-30-22-36-35(20-21-39-42(36)60-44(59)57(39)48(31-14-8-5-9-15-31,32-16-10-6-11-17-32)33-18-12-7-13-19-33)41(56(30)29-47(51,52)53)40-37(49)23-34(24-38(40)50)54-25-46(26-54)27-55(28-46)43(58)61-45(2,3)4/h5-21,23-24,30,41H,22,25-29H2,1-4H3/t30-,41+/m1/s1. The van der Waals surface area contributed by atoms with Crippen LogP contribution in [-0.4, -0.2) is 71.0 Å². The molecule has 61 heavy (non-hydrogen) atoms. The van der Waals surface area contributed by atoms with Gasteiger partial charge in [0.1, 0.15) is 22.8 Å². The summed E-state index contributed by atoms with van der Waals surface area (Å²) in [6, 6.07) is 31.7. The van der Waals surface area contributed by atoms with Crippen LogP contribution >= 0.6 is 0 Å². The van der Waals surface area contributed by atoms with Crippen LogP contribution in [0.25, 0.3) is 11.1 Å². The van der Waals surface area contributed by atoms with Crippen LogP contribution in [0.1, 0.15) is 67.1 Å². The Morgan fingerprint density at radius 3 is 1.80 bits per heavy atom. The van der Waals surface area contributed by atoms with Gasteiger partial charge in [-0.1, -0.05) is 97.1 Å². The summed E-state index contributed by atoms with van der Waals surface area (Å²) in [5.41, 5.74) is 0.986. The van der Waals surface area contributed by atoms with Crippen molar-refractivity contribution in [3.05, 3.63) is 171 Å². The van der Waals surface area contributed by atoms with Crippen LogP contribution in [0.4, 0.5) is 32.4 Å². The molecule has 0 saturated carbocycles. The number of aromatic nitrogens is 1. The van der Waals surface area contributed by atoms with E-state index in [1.807, 2.05) is 91.0 Å². The monoisotopic (exact) mass is 836 g/mol. The quantitative estimate of drug-likeness (QED) is 0.118. The lowest BCUT2D eigenvalue weighted by Crippen LogP contribution is -2.73. The molecule has 1 spiro atoms. The van der Waals surface area contributed by atoms with Crippen LogP contribution in [0.3, 0.4) is 0 Å². The Bertz CT molecular complexity index is 2540. The van der Waals surface area contributed by atoms with E-state index >= 15 is 8.78 Å². The minimum absolute atomic E-state index is 0.0126. The fourth-order valence-electron chi connectivity index (χ4n) is 9.86. The fraction of sp³-hybridized carbons (Fsp3) is 0.333. The topological polar surface area (TPSA) is 71.2 Å². The number of hydrogen-bond acceptors (Lipinski definition) is 6. The van der Waals surface area contributed by atoms with E-state index in [0.717, 1.165) is 21.6 Å². The molecule has 0 unspecified atom stereocenters. The molecule has 0 radical (unpaired) electrons. The number of rotatable bonds is 7. The number of anilines is 1. The summed E-state index contributed by atoms with van der Waals surface area (Å²) < 4.78 is 89.6. The second-order valence-corrected chi connectivity index (χ2v) is 17.8. The third-order valence-electron chi connectivity index (χ3n) is 12.3. The van der Waals surface area contributed by atoms with Gasteiger partial charge in [-0.05, 0) is 74.6 Å². The maximum Gasteiger partial charge on any atom is 0.421 e. The lowest BCUT2D eigenvalue weighted by atomic mass is 9.72. The Balaban J connectivity index is 1.14. The minimum atomic E-state index is -4.69. The third kappa shape index (κ3) is 6.96. The smallest absolute Gasteiger partial charge is 0.421 e. The lowest BCUT2D eigenvalue weighted by Gasteiger charge is -2.60. The molecular weight excluding hydrogens is 792 g/mol. The molecule has 4 heterocycles. The number of fused-ring (bicyclic) bond motifs is 3. The predicted molar refractivity (Wildman–Crippen MR) is 222 cm³/mol. The first-order chi connectivity index (χ1) is 29.0. The highest BCUT2D eigenvalue weighted by Crippen LogP contribution is 2.48. The molecule has 6 aromatic rings. The Morgan fingerprint density at radius 1 is 0.787 bits per heavy atom. The van der Waals surface area contributed by atoms with E-state index in [1.165, 1.54) is 12.1 Å². The largest absolute Gasteiger partial charge is 0.444 e. The van der Waals surface area contributed by atoms with E-state index in [1.54, 1.807) is 54.2 Å². The van der Waals surface area contributed by atoms with Gasteiger partial charge in [0, 0.05) is 54.5 Å². The summed E-state index contributed by atoms with van der Waals surface area (Å²) in [4.78, 5) is 31.6. The zero-order valence-corrected chi connectivity index (χ0v) is 34.2. The van der Waals surface area contributed by atoms with Gasteiger partial charge in [-0.2, -0.15) is 13.2 Å². The predicted octanol–water partition coefficient (Wildman–Crippen LogP) is 9.67. The van der Waals surface area contributed by atoms with Gasteiger partial charge < -0.3 is 19.0 Å². The number of ether oxygens (including phenoxy) is 1. The molecule has 9 rings (SSSR count). The van der Waals surface area contributed by atoms with Crippen molar-refractivity contribution in [1.29, 1.82) is 0 Å². The maximum atomic E-state index is 16.6. The van der Waals surface area contributed by atoms with Crippen molar-refractivity contribution in [3.63, 3.8) is 0 Å². The maximum absolute atomic E-state index is 16.6. The number of oxazole rings is 1. The molecule has 3 aliphatic heterocycles. The molecule has 13 heteroatoms. The van der Waals surface area contributed by atoms with E-state index in [4.69, 9.17) is 9.15 Å². The number of alkyl halides is 3. The summed E-state index contributed by atoms with van der Waals surface area (Å²) in [5.74, 6) is -2.70. The first kappa shape index (κ1) is 40.5. The molecule has 2 atom stereocenters. The highest BCUT2D eigenvalue weighted by atomic mass is 19.4. The van der Waals surface area contributed by atoms with Crippen molar-refractivity contribution in [2.24, 2.45) is 5.41 Å². The molecule has 2 fully saturated rings. The van der Waals surface area contributed by atoms with E-state index in [9.17, 15) is 22.8 Å². The molecule has 0 N–H and O–H groups in total. The van der Waals surface area contributed by atoms with Crippen LogP contribution in [0.15, 0.2) is 124 Å². The third-order valence-corrected chi connectivity index (χ3v) is 12.3. The molecule has 1 amide bonds. The number of benzene rings is 5. The van der Waals surface area contributed by atoms with Crippen LogP contribution < -0.4 is 10.7 Å². The second-order valence-electron chi connectivity index (χ2n) is 17.8. The van der Waals surface area contributed by atoms with Gasteiger partial charge in [-0.3, -0.25) is 9.47 Å². The summed E-state index contributed by atoms with van der Waals surface area (Å²) >= 11 is 0. The van der Waals surface area contributed by atoms with Crippen molar-refractivity contribution in [1.82, 2.24) is 14.4 Å². The van der Waals surface area contributed by atoms with Crippen LogP contribution in [0.2, 0.25) is 0 Å². The Morgan fingerprint density at radius 2 is 1.31 bits per heavy atom. The first-order valence-electron chi connectivity index (χ1n) is 20.4. The summed E-state index contributed by atoms with van der Waals surface area (Å²) in [6.45, 7) is 7.30. The first-order valence-corrected chi connectivity index (χ1v) is 20.4. The SMILES string of the molecule is C[C@@H]1Cc2c(ccc3c2oc(=O)n3C(c2ccccc2)(c2ccccc2)c2ccccc2)[C@@H](c2c(F)cc(N3CC4(CN(C(=O)OC(C)(C)C)C4)C3)cc2F)N1CC(F)(F)F. The van der Waals surface area contributed by atoms with Crippen LogP contribution in [-0.2, 0) is 16.7 Å². The van der Waals surface area contributed by atoms with E-state index < -0.39 is 65.0 Å². The second kappa shape index (κ2) is 14.6. The van der Waals surface area contributed by atoms with Gasteiger partial charge in [-0.25, -0.2) is 18.4 Å². The number of carbonyl (C=O) groups is 1. The number of carbonyl (C=O) groups excluding carboxylic acids is 1. The molecular formula is C48H45F5N4O4. The van der Waals surface area contributed by atoms with Crippen molar-refractivity contribution >= 4 is 22.9 Å². The van der Waals surface area contributed by atoms with Crippen molar-refractivity contribution in [2.45, 2.75) is 63.5 Å². The van der Waals surface area contributed by atoms with Crippen LogP contribution in [0.5, 0.6) is 0 Å². The van der Waals surface area contributed by atoms with E-state index in [0.29, 0.717) is 37.3 Å². The zero-order chi connectivity index (χ0) is 43.1. The Labute approximate surface area is 349 Å². The van der Waals surface area contributed by atoms with E-state index in [2.05, 4.69) is 0 Å². The molecule has 0 bridgehead atoms. The number of halogens is 5. The molecule has 2 saturated heterocycles.